The molecule has 132 valence electrons. The summed E-state index contributed by atoms with van der Waals surface area (Å²) in [5.41, 5.74) is 2.11. The van der Waals surface area contributed by atoms with Gasteiger partial charge in [-0.2, -0.15) is 0 Å². The molecule has 25 heavy (non-hydrogen) atoms. The van der Waals surface area contributed by atoms with E-state index in [1.54, 1.807) is 6.07 Å². The fourth-order valence-corrected chi connectivity index (χ4v) is 2.44. The highest BCUT2D eigenvalue weighted by Gasteiger charge is 2.11. The number of nitrogens with zero attached hydrogens (tertiary/aromatic N) is 2. The maximum atomic E-state index is 11.9. The fourth-order valence-electron chi connectivity index (χ4n) is 2.24. The van der Waals surface area contributed by atoms with E-state index >= 15 is 0 Å². The number of hydrogen-bond acceptors (Lipinski definition) is 5. The number of aromatic carboxylic acids is 1. The number of carboxylic acid groups (broad SMARTS) is 1. The summed E-state index contributed by atoms with van der Waals surface area (Å²) in [7, 11) is 0. The van der Waals surface area contributed by atoms with Crippen molar-refractivity contribution in [2.75, 3.05) is 17.2 Å². The SMILES string of the molecule is Cc1cc(C)nc(NCCCC(=O)Nc2ccc(Cl)c(C(=O)O)c2)n1. The monoisotopic (exact) mass is 362 g/mol. The first-order valence-electron chi connectivity index (χ1n) is 7.74. The molecule has 0 unspecified atom stereocenters. The molecule has 7 nitrogen and oxygen atoms in total. The Morgan fingerprint density at radius 3 is 2.48 bits per heavy atom. The molecular formula is C17H19ClN4O3. The lowest BCUT2D eigenvalue weighted by Gasteiger charge is -2.08. The number of aryl methyl sites for hydroxylation is 2. The van der Waals surface area contributed by atoms with Crippen molar-refractivity contribution in [3.63, 3.8) is 0 Å². The van der Waals surface area contributed by atoms with Gasteiger partial charge in [0.2, 0.25) is 11.9 Å². The van der Waals surface area contributed by atoms with Crippen molar-refractivity contribution in [3.05, 3.63) is 46.2 Å². The molecule has 3 N–H and O–H groups in total. The smallest absolute Gasteiger partial charge is 0.337 e. The van der Waals surface area contributed by atoms with Crippen LogP contribution in [0.25, 0.3) is 0 Å². The number of hydrogen-bond donors (Lipinski definition) is 3. The van der Waals surface area contributed by atoms with Gasteiger partial charge in [0, 0.05) is 30.0 Å². The van der Waals surface area contributed by atoms with Gasteiger partial charge < -0.3 is 15.7 Å². The van der Waals surface area contributed by atoms with Crippen molar-refractivity contribution < 1.29 is 14.7 Å². The molecule has 0 aliphatic carbocycles. The zero-order chi connectivity index (χ0) is 18.4. The summed E-state index contributed by atoms with van der Waals surface area (Å²) >= 11 is 5.80. The first-order valence-corrected chi connectivity index (χ1v) is 8.12. The van der Waals surface area contributed by atoms with E-state index in [2.05, 4.69) is 20.6 Å². The first kappa shape index (κ1) is 18.7. The second-order valence-corrected chi connectivity index (χ2v) is 5.96. The topological polar surface area (TPSA) is 104 Å². The summed E-state index contributed by atoms with van der Waals surface area (Å²) in [6, 6.07) is 6.23. The standard InChI is InChI=1S/C17H19ClN4O3/c1-10-8-11(2)21-17(20-10)19-7-3-4-15(23)22-12-5-6-14(18)13(9-12)16(24)25/h5-6,8-9H,3-4,7H2,1-2H3,(H,22,23)(H,24,25)(H,19,20,21). The normalized spacial score (nSPS) is 10.4. The van der Waals surface area contributed by atoms with E-state index in [4.69, 9.17) is 16.7 Å². The van der Waals surface area contributed by atoms with Crippen LogP contribution in [0.2, 0.25) is 5.02 Å². The molecule has 0 aliphatic heterocycles. The molecule has 0 saturated carbocycles. The van der Waals surface area contributed by atoms with E-state index in [-0.39, 0.29) is 22.9 Å². The van der Waals surface area contributed by atoms with Gasteiger partial charge in [0.25, 0.3) is 0 Å². The molecule has 8 heteroatoms. The molecule has 0 spiro atoms. The molecule has 0 saturated heterocycles. The van der Waals surface area contributed by atoms with Crippen molar-refractivity contribution in [2.45, 2.75) is 26.7 Å². The minimum absolute atomic E-state index is 0.0481. The highest BCUT2D eigenvalue weighted by molar-refractivity contribution is 6.33. The van der Waals surface area contributed by atoms with E-state index in [1.165, 1.54) is 12.1 Å². The Hall–Kier alpha value is -2.67. The largest absolute Gasteiger partial charge is 0.478 e. The Bertz CT molecular complexity index is 775. The van der Waals surface area contributed by atoms with Crippen molar-refractivity contribution >= 4 is 35.1 Å². The number of carbonyl (C=O) groups is 2. The zero-order valence-corrected chi connectivity index (χ0v) is 14.7. The Kier molecular flexibility index (Phi) is 6.30. The molecule has 0 atom stereocenters. The van der Waals surface area contributed by atoms with Crippen LogP contribution in [0.3, 0.4) is 0 Å². The summed E-state index contributed by atoms with van der Waals surface area (Å²) < 4.78 is 0. The molecule has 1 aromatic carbocycles. The van der Waals surface area contributed by atoms with E-state index in [1.807, 2.05) is 19.9 Å². The summed E-state index contributed by atoms with van der Waals surface area (Å²) in [5, 5.41) is 14.9. The lowest BCUT2D eigenvalue weighted by molar-refractivity contribution is -0.116. The van der Waals surface area contributed by atoms with Crippen LogP contribution in [-0.2, 0) is 4.79 Å². The van der Waals surface area contributed by atoms with Crippen molar-refractivity contribution in [2.24, 2.45) is 0 Å². The maximum Gasteiger partial charge on any atom is 0.337 e. The van der Waals surface area contributed by atoms with Crippen LogP contribution < -0.4 is 10.6 Å². The Labute approximate surface area is 150 Å². The average Bonchev–Trinajstić information content (AvgIpc) is 2.52. The molecule has 1 heterocycles. The number of amides is 1. The number of aromatic nitrogens is 2. The number of nitrogens with one attached hydrogen (secondary N) is 2. The van der Waals surface area contributed by atoms with Gasteiger partial charge in [0.15, 0.2) is 0 Å². The highest BCUT2D eigenvalue weighted by Crippen LogP contribution is 2.20. The van der Waals surface area contributed by atoms with Gasteiger partial charge in [-0.15, -0.1) is 0 Å². The average molecular weight is 363 g/mol. The van der Waals surface area contributed by atoms with E-state index in [9.17, 15) is 9.59 Å². The van der Waals surface area contributed by atoms with Gasteiger partial charge in [-0.3, -0.25) is 4.79 Å². The number of carboxylic acids is 1. The molecule has 2 rings (SSSR count). The van der Waals surface area contributed by atoms with Gasteiger partial charge in [0.1, 0.15) is 0 Å². The zero-order valence-electron chi connectivity index (χ0n) is 14.0. The van der Waals surface area contributed by atoms with E-state index in [0.717, 1.165) is 11.4 Å². The lowest BCUT2D eigenvalue weighted by atomic mass is 10.2. The van der Waals surface area contributed by atoms with Crippen LogP contribution in [0, 0.1) is 13.8 Å². The number of anilines is 2. The van der Waals surface area contributed by atoms with Gasteiger partial charge >= 0.3 is 5.97 Å². The number of benzene rings is 1. The van der Waals surface area contributed by atoms with E-state index in [0.29, 0.717) is 24.6 Å². The number of halogens is 1. The minimum Gasteiger partial charge on any atom is -0.478 e. The van der Waals surface area contributed by atoms with Crippen molar-refractivity contribution in [1.29, 1.82) is 0 Å². The predicted octanol–water partition coefficient (Wildman–Crippen LogP) is 3.28. The number of rotatable bonds is 7. The van der Waals surface area contributed by atoms with Crippen LogP contribution in [0.15, 0.2) is 24.3 Å². The molecule has 1 aromatic heterocycles. The van der Waals surface area contributed by atoms with E-state index < -0.39 is 5.97 Å². The van der Waals surface area contributed by atoms with Crippen LogP contribution >= 0.6 is 11.6 Å². The van der Waals surface area contributed by atoms with Crippen LogP contribution in [0.1, 0.15) is 34.6 Å². The second kappa shape index (κ2) is 8.43. The third kappa shape index (κ3) is 5.72. The molecule has 0 radical (unpaired) electrons. The second-order valence-electron chi connectivity index (χ2n) is 5.55. The molecule has 0 aliphatic rings. The maximum absolute atomic E-state index is 11.9. The van der Waals surface area contributed by atoms with Crippen LogP contribution in [-0.4, -0.2) is 33.5 Å². The van der Waals surface area contributed by atoms with Crippen molar-refractivity contribution in [1.82, 2.24) is 9.97 Å². The summed E-state index contributed by atoms with van der Waals surface area (Å²) in [6.45, 7) is 4.34. The van der Waals surface area contributed by atoms with Gasteiger partial charge in [-0.05, 0) is 44.5 Å². The quantitative estimate of drug-likeness (QED) is 0.653. The first-order chi connectivity index (χ1) is 11.8. The fraction of sp³-hybridized carbons (Fsp3) is 0.294. The summed E-state index contributed by atoms with van der Waals surface area (Å²) in [5.74, 6) is -0.803. The van der Waals surface area contributed by atoms with Crippen LogP contribution in [0.5, 0.6) is 0 Å². The number of carbonyl (C=O) groups excluding carboxylic acids is 1. The van der Waals surface area contributed by atoms with Crippen LogP contribution in [0.4, 0.5) is 11.6 Å². The Morgan fingerprint density at radius 1 is 1.16 bits per heavy atom. The highest BCUT2D eigenvalue weighted by atomic mass is 35.5. The van der Waals surface area contributed by atoms with Crippen molar-refractivity contribution in [3.8, 4) is 0 Å². The molecule has 0 fully saturated rings. The van der Waals surface area contributed by atoms with Gasteiger partial charge in [0.05, 0.1) is 10.6 Å². The minimum atomic E-state index is -1.14. The predicted molar refractivity (Wildman–Crippen MR) is 96.3 cm³/mol. The lowest BCUT2D eigenvalue weighted by Crippen LogP contribution is -2.14. The summed E-state index contributed by atoms with van der Waals surface area (Å²) in [4.78, 5) is 31.5. The Balaban J connectivity index is 1.81. The Morgan fingerprint density at radius 2 is 1.84 bits per heavy atom. The third-order valence-corrected chi connectivity index (χ3v) is 3.66. The third-order valence-electron chi connectivity index (χ3n) is 3.33. The van der Waals surface area contributed by atoms with Gasteiger partial charge in [-0.25, -0.2) is 14.8 Å². The molecule has 0 bridgehead atoms. The molecular weight excluding hydrogens is 344 g/mol. The van der Waals surface area contributed by atoms with Gasteiger partial charge in [-0.1, -0.05) is 11.6 Å². The molecule has 2 aromatic rings. The molecule has 1 amide bonds. The summed E-state index contributed by atoms with van der Waals surface area (Å²) in [6.07, 6.45) is 0.865.